The molecule has 1 unspecified atom stereocenters. The number of hydrogen-bond acceptors (Lipinski definition) is 2. The highest BCUT2D eigenvalue weighted by Crippen LogP contribution is 2.04. The van der Waals surface area contributed by atoms with E-state index in [0.29, 0.717) is 11.8 Å². The highest BCUT2D eigenvalue weighted by molar-refractivity contribution is 6.71. The molecule has 1 atom stereocenters. The zero-order valence-corrected chi connectivity index (χ0v) is 5.00. The summed E-state index contributed by atoms with van der Waals surface area (Å²) in [5.74, 6) is 0. The molecule has 7 heavy (non-hydrogen) atoms. The number of halogens is 2. The van der Waals surface area contributed by atoms with Crippen molar-refractivity contribution in [2.45, 2.75) is 5.50 Å². The Morgan fingerprint density at radius 3 is 2.71 bits per heavy atom. The van der Waals surface area contributed by atoms with E-state index in [1.807, 2.05) is 0 Å². The third-order valence-corrected chi connectivity index (χ3v) is 1.52. The van der Waals surface area contributed by atoms with Crippen LogP contribution in [0.1, 0.15) is 0 Å². The summed E-state index contributed by atoms with van der Waals surface area (Å²) in [6.07, 6.45) is 0. The van der Waals surface area contributed by atoms with Gasteiger partial charge in [0, 0.05) is 0 Å². The van der Waals surface area contributed by atoms with Crippen molar-refractivity contribution in [3.63, 3.8) is 0 Å². The van der Waals surface area contributed by atoms with Crippen molar-refractivity contribution in [3.8, 4) is 0 Å². The highest BCUT2D eigenvalue weighted by atomic mass is 35.5. The van der Waals surface area contributed by atoms with Gasteiger partial charge in [0.1, 0.15) is 10.7 Å². The predicted octanol–water partition coefficient (Wildman–Crippen LogP) is 0.749. The van der Waals surface area contributed by atoms with Gasteiger partial charge in [0.25, 0.3) is 0 Å². The minimum atomic E-state index is -0.248. The normalized spacial score (nSPS) is 30.6. The molecule has 0 saturated heterocycles. The zero-order chi connectivity index (χ0) is 5.28. The molecule has 0 amide bonds. The smallest absolute Gasteiger partial charge is 0.137 e. The Morgan fingerprint density at radius 2 is 2.57 bits per heavy atom. The highest BCUT2D eigenvalue weighted by Gasteiger charge is 2.13. The number of nitrogens with zero attached hydrogens (tertiary/aromatic N) is 1. The molecule has 1 heterocycles. The maximum atomic E-state index is 5.49. The molecule has 1 aliphatic rings. The average Bonchev–Trinajstić information content (AvgIpc) is 1.91. The molecular weight excluding hydrogens is 135 g/mol. The van der Waals surface area contributed by atoms with Crippen LogP contribution in [-0.4, -0.2) is 17.3 Å². The molecule has 1 rings (SSSR count). The van der Waals surface area contributed by atoms with Gasteiger partial charge in [-0.15, -0.1) is 0 Å². The Balaban J connectivity index is 2.54. The summed E-state index contributed by atoms with van der Waals surface area (Å²) in [6.45, 7) is 0.549. The van der Waals surface area contributed by atoms with Crippen LogP contribution in [0.2, 0.25) is 0 Å². The lowest BCUT2D eigenvalue weighted by atomic mass is 10.7. The first-order valence-corrected chi connectivity index (χ1v) is 2.69. The molecule has 0 bridgehead atoms. The molecule has 2 nitrogen and oxygen atoms in total. The lowest BCUT2D eigenvalue weighted by Gasteiger charge is -1.93. The van der Waals surface area contributed by atoms with Gasteiger partial charge in [0.05, 0.1) is 6.67 Å². The summed E-state index contributed by atoms with van der Waals surface area (Å²) in [5, 5.41) is 3.26. The van der Waals surface area contributed by atoms with Crippen molar-refractivity contribution in [2.75, 3.05) is 6.67 Å². The summed E-state index contributed by atoms with van der Waals surface area (Å²) < 4.78 is 0. The van der Waals surface area contributed by atoms with Gasteiger partial charge in [0.15, 0.2) is 0 Å². The third kappa shape index (κ3) is 1.06. The summed E-state index contributed by atoms with van der Waals surface area (Å²) in [7, 11) is 0. The fraction of sp³-hybridized carbons (Fsp3) is 0.667. The quantitative estimate of drug-likeness (QED) is 0.388. The van der Waals surface area contributed by atoms with Crippen molar-refractivity contribution >= 4 is 28.4 Å². The van der Waals surface area contributed by atoms with Gasteiger partial charge in [-0.3, -0.25) is 10.3 Å². The molecule has 0 radical (unpaired) electrons. The number of nitrogens with one attached hydrogen (secondary N) is 1. The van der Waals surface area contributed by atoms with Crippen LogP contribution in [0, 0.1) is 0 Å². The van der Waals surface area contributed by atoms with E-state index in [2.05, 4.69) is 10.3 Å². The van der Waals surface area contributed by atoms with Crippen LogP contribution in [0.15, 0.2) is 4.99 Å². The van der Waals surface area contributed by atoms with Crippen molar-refractivity contribution in [1.82, 2.24) is 5.32 Å². The van der Waals surface area contributed by atoms with Gasteiger partial charge in [-0.1, -0.05) is 23.2 Å². The van der Waals surface area contributed by atoms with Crippen LogP contribution in [0.4, 0.5) is 0 Å². The monoisotopic (exact) mass is 138 g/mol. The van der Waals surface area contributed by atoms with Crippen LogP contribution >= 0.6 is 23.2 Å². The zero-order valence-electron chi connectivity index (χ0n) is 3.49. The summed E-state index contributed by atoms with van der Waals surface area (Å²) in [4.78, 5) is 3.76. The van der Waals surface area contributed by atoms with Gasteiger partial charge >= 0.3 is 0 Å². The minimum Gasteiger partial charge on any atom is -0.276 e. The maximum Gasteiger partial charge on any atom is 0.137 e. The molecule has 1 N–H and O–H groups in total. The fourth-order valence-electron chi connectivity index (χ4n) is 0.366. The molecule has 0 aromatic carbocycles. The molecule has 0 aromatic heterocycles. The summed E-state index contributed by atoms with van der Waals surface area (Å²) in [6, 6.07) is 0. The molecule has 0 saturated carbocycles. The first-order valence-electron chi connectivity index (χ1n) is 1.88. The lowest BCUT2D eigenvalue weighted by molar-refractivity contribution is 0.814. The SMILES string of the molecule is ClC1=NCNC1Cl. The van der Waals surface area contributed by atoms with E-state index in [4.69, 9.17) is 23.2 Å². The number of hydrogen-bond donors (Lipinski definition) is 1. The summed E-state index contributed by atoms with van der Waals surface area (Å²) in [5.41, 5.74) is -0.248. The first kappa shape index (κ1) is 5.35. The molecule has 4 heteroatoms. The molecule has 1 aliphatic heterocycles. The van der Waals surface area contributed by atoms with Crippen molar-refractivity contribution < 1.29 is 0 Å². The topological polar surface area (TPSA) is 24.4 Å². The molecule has 0 aliphatic carbocycles. The number of alkyl halides is 1. The minimum absolute atomic E-state index is 0.248. The van der Waals surface area contributed by atoms with E-state index in [-0.39, 0.29) is 5.50 Å². The molecular formula is C3H4Cl2N2. The van der Waals surface area contributed by atoms with Crippen molar-refractivity contribution in [1.29, 1.82) is 0 Å². The van der Waals surface area contributed by atoms with E-state index < -0.39 is 0 Å². The van der Waals surface area contributed by atoms with Gasteiger partial charge in [-0.2, -0.15) is 0 Å². The van der Waals surface area contributed by atoms with E-state index >= 15 is 0 Å². The number of aliphatic imine (C=N–C) groups is 1. The van der Waals surface area contributed by atoms with E-state index in [1.165, 1.54) is 0 Å². The molecule has 40 valence electrons. The van der Waals surface area contributed by atoms with Crippen molar-refractivity contribution in [3.05, 3.63) is 0 Å². The van der Waals surface area contributed by atoms with Crippen LogP contribution in [-0.2, 0) is 0 Å². The largest absolute Gasteiger partial charge is 0.276 e. The fourth-order valence-corrected chi connectivity index (χ4v) is 0.641. The lowest BCUT2D eigenvalue weighted by Crippen LogP contribution is -2.20. The van der Waals surface area contributed by atoms with Crippen LogP contribution in [0.3, 0.4) is 0 Å². The van der Waals surface area contributed by atoms with Gasteiger partial charge in [0.2, 0.25) is 0 Å². The van der Waals surface area contributed by atoms with E-state index in [1.54, 1.807) is 0 Å². The Bertz CT molecular complexity index is 101. The Morgan fingerprint density at radius 1 is 1.86 bits per heavy atom. The second kappa shape index (κ2) is 1.99. The molecule has 0 fully saturated rings. The standard InChI is InChI=1S/C3H4Cl2N2/c4-2-3(5)7-1-6-2/h2,6H,1H2. The van der Waals surface area contributed by atoms with Crippen LogP contribution < -0.4 is 5.32 Å². The second-order valence-electron chi connectivity index (χ2n) is 1.21. The van der Waals surface area contributed by atoms with Gasteiger partial charge < -0.3 is 0 Å². The van der Waals surface area contributed by atoms with Crippen LogP contribution in [0.5, 0.6) is 0 Å². The molecule has 0 spiro atoms. The maximum absolute atomic E-state index is 5.49. The third-order valence-electron chi connectivity index (χ3n) is 0.710. The van der Waals surface area contributed by atoms with Crippen LogP contribution in [0.25, 0.3) is 0 Å². The molecule has 0 aromatic rings. The summed E-state index contributed by atoms with van der Waals surface area (Å²) >= 11 is 10.9. The Kier molecular flexibility index (Phi) is 1.52. The Hall–Kier alpha value is 0.210. The van der Waals surface area contributed by atoms with Gasteiger partial charge in [-0.25, -0.2) is 0 Å². The van der Waals surface area contributed by atoms with Gasteiger partial charge in [-0.05, 0) is 0 Å². The number of rotatable bonds is 0. The Labute approximate surface area is 51.5 Å². The predicted molar refractivity (Wildman–Crippen MR) is 30.9 cm³/mol. The average molecular weight is 139 g/mol. The second-order valence-corrected chi connectivity index (χ2v) is 2.03. The van der Waals surface area contributed by atoms with E-state index in [0.717, 1.165) is 0 Å². The van der Waals surface area contributed by atoms with Crippen molar-refractivity contribution in [2.24, 2.45) is 4.99 Å². The first-order chi connectivity index (χ1) is 3.30. The van der Waals surface area contributed by atoms with E-state index in [9.17, 15) is 0 Å².